The number of sulfonamides is 1. The summed E-state index contributed by atoms with van der Waals surface area (Å²) >= 11 is 0. The maximum absolute atomic E-state index is 12.8. The molecule has 1 aliphatic heterocycles. The summed E-state index contributed by atoms with van der Waals surface area (Å²) in [5, 5.41) is 10.7. The summed E-state index contributed by atoms with van der Waals surface area (Å²) in [5.74, 6) is 0.0822. The van der Waals surface area contributed by atoms with Gasteiger partial charge in [0.15, 0.2) is 0 Å². The zero-order valence-electron chi connectivity index (χ0n) is 12.5. The first-order valence-corrected chi connectivity index (χ1v) is 9.16. The lowest BCUT2D eigenvalue weighted by Gasteiger charge is -2.46. The second kappa shape index (κ2) is 5.38. The van der Waals surface area contributed by atoms with E-state index in [9.17, 15) is 13.5 Å². The molecular weight excluding hydrogens is 286 g/mol. The van der Waals surface area contributed by atoms with E-state index in [2.05, 4.69) is 0 Å². The van der Waals surface area contributed by atoms with E-state index in [1.165, 1.54) is 0 Å². The summed E-state index contributed by atoms with van der Waals surface area (Å²) in [6.07, 6.45) is 4.44. The van der Waals surface area contributed by atoms with Crippen LogP contribution in [0, 0.1) is 12.8 Å². The molecule has 3 rings (SSSR count). The van der Waals surface area contributed by atoms with Gasteiger partial charge in [-0.15, -0.1) is 0 Å². The van der Waals surface area contributed by atoms with E-state index >= 15 is 0 Å². The van der Waals surface area contributed by atoms with Crippen molar-refractivity contribution < 1.29 is 13.5 Å². The molecule has 5 heteroatoms. The molecule has 2 atom stereocenters. The molecule has 0 spiro atoms. The molecule has 0 amide bonds. The van der Waals surface area contributed by atoms with Gasteiger partial charge in [0.05, 0.1) is 10.5 Å². The molecule has 1 aromatic carbocycles. The third-order valence-electron chi connectivity index (χ3n) is 5.10. The predicted octanol–water partition coefficient (Wildman–Crippen LogP) is 2.31. The molecule has 0 bridgehead atoms. The standard InChI is InChI=1S/C16H23NO3S/c1-13-6-2-3-8-15(13)21(19,20)17-11-10-16(18)9-5-4-7-14(16)12-17/h2-3,6,8,14,18H,4-5,7,9-12H2,1H3. The molecule has 0 aromatic heterocycles. The molecule has 1 aliphatic carbocycles. The SMILES string of the molecule is Cc1ccccc1S(=O)(=O)N1CCC2(O)CCCCC2C1. The molecular formula is C16H23NO3S. The Morgan fingerprint density at radius 1 is 1.24 bits per heavy atom. The van der Waals surface area contributed by atoms with Gasteiger partial charge in [0.2, 0.25) is 10.0 Å². The first kappa shape index (κ1) is 15.0. The van der Waals surface area contributed by atoms with Crippen molar-refractivity contribution in [3.8, 4) is 0 Å². The van der Waals surface area contributed by atoms with E-state index in [1.54, 1.807) is 16.4 Å². The molecule has 2 aliphatic rings. The fourth-order valence-electron chi connectivity index (χ4n) is 3.74. The second-order valence-corrected chi connectivity index (χ2v) is 8.33. The Morgan fingerprint density at radius 2 is 2.00 bits per heavy atom. The molecule has 116 valence electrons. The molecule has 1 aromatic rings. The van der Waals surface area contributed by atoms with Crippen LogP contribution in [0.15, 0.2) is 29.2 Å². The molecule has 2 fully saturated rings. The Labute approximate surface area is 126 Å². The van der Waals surface area contributed by atoms with Crippen LogP contribution in [0.4, 0.5) is 0 Å². The lowest BCUT2D eigenvalue weighted by atomic mass is 9.72. The van der Waals surface area contributed by atoms with Crippen molar-refractivity contribution in [3.63, 3.8) is 0 Å². The Bertz CT molecular complexity index is 628. The van der Waals surface area contributed by atoms with E-state index in [-0.39, 0.29) is 5.92 Å². The van der Waals surface area contributed by atoms with Crippen LogP contribution < -0.4 is 0 Å². The highest BCUT2D eigenvalue weighted by Gasteiger charge is 2.45. The van der Waals surface area contributed by atoms with Crippen LogP contribution in [0.5, 0.6) is 0 Å². The summed E-state index contributed by atoms with van der Waals surface area (Å²) < 4.78 is 27.2. The molecule has 1 saturated heterocycles. The number of aliphatic hydroxyl groups is 1. The number of hydrogen-bond donors (Lipinski definition) is 1. The maximum Gasteiger partial charge on any atom is 0.243 e. The lowest BCUT2D eigenvalue weighted by molar-refractivity contribution is -0.0816. The minimum absolute atomic E-state index is 0.0822. The summed E-state index contributed by atoms with van der Waals surface area (Å²) in [7, 11) is -3.45. The molecule has 1 saturated carbocycles. The smallest absolute Gasteiger partial charge is 0.243 e. The highest BCUT2D eigenvalue weighted by molar-refractivity contribution is 7.89. The van der Waals surface area contributed by atoms with Gasteiger partial charge in [0.1, 0.15) is 0 Å². The van der Waals surface area contributed by atoms with Crippen molar-refractivity contribution in [1.82, 2.24) is 4.31 Å². The average Bonchev–Trinajstić information content (AvgIpc) is 2.46. The monoisotopic (exact) mass is 309 g/mol. The highest BCUT2D eigenvalue weighted by Crippen LogP contribution is 2.41. The van der Waals surface area contributed by atoms with Gasteiger partial charge in [0.25, 0.3) is 0 Å². The summed E-state index contributed by atoms with van der Waals surface area (Å²) in [5.41, 5.74) is 0.137. The van der Waals surface area contributed by atoms with Gasteiger partial charge < -0.3 is 5.11 Å². The van der Waals surface area contributed by atoms with E-state index in [1.807, 2.05) is 19.1 Å². The van der Waals surface area contributed by atoms with Crippen molar-refractivity contribution in [1.29, 1.82) is 0 Å². The summed E-state index contributed by atoms with van der Waals surface area (Å²) in [4.78, 5) is 0.395. The second-order valence-electron chi connectivity index (χ2n) is 6.42. The van der Waals surface area contributed by atoms with Crippen molar-refractivity contribution >= 4 is 10.0 Å². The first-order chi connectivity index (χ1) is 9.93. The molecule has 21 heavy (non-hydrogen) atoms. The topological polar surface area (TPSA) is 57.6 Å². The number of rotatable bonds is 2. The summed E-state index contributed by atoms with van der Waals surface area (Å²) in [6.45, 7) is 2.70. The highest BCUT2D eigenvalue weighted by atomic mass is 32.2. The first-order valence-electron chi connectivity index (χ1n) is 7.72. The third-order valence-corrected chi connectivity index (χ3v) is 7.13. The lowest BCUT2D eigenvalue weighted by Crippen LogP contribution is -2.54. The fourth-order valence-corrected chi connectivity index (χ4v) is 5.46. The minimum atomic E-state index is -3.45. The molecule has 1 heterocycles. The molecule has 0 radical (unpaired) electrons. The van der Waals surface area contributed by atoms with Crippen LogP contribution in [0.25, 0.3) is 0 Å². The fraction of sp³-hybridized carbons (Fsp3) is 0.625. The minimum Gasteiger partial charge on any atom is -0.390 e. The van der Waals surface area contributed by atoms with Crippen LogP contribution >= 0.6 is 0 Å². The van der Waals surface area contributed by atoms with Crippen LogP contribution in [0.1, 0.15) is 37.7 Å². The zero-order valence-corrected chi connectivity index (χ0v) is 13.3. The van der Waals surface area contributed by atoms with Crippen LogP contribution in [-0.4, -0.2) is 36.5 Å². The number of benzene rings is 1. The maximum atomic E-state index is 12.8. The van der Waals surface area contributed by atoms with Crippen molar-refractivity contribution in [2.24, 2.45) is 5.92 Å². The van der Waals surface area contributed by atoms with E-state index in [4.69, 9.17) is 0 Å². The van der Waals surface area contributed by atoms with Gasteiger partial charge in [-0.3, -0.25) is 0 Å². The Balaban J connectivity index is 1.86. The van der Waals surface area contributed by atoms with E-state index in [0.29, 0.717) is 24.4 Å². The van der Waals surface area contributed by atoms with Crippen molar-refractivity contribution in [3.05, 3.63) is 29.8 Å². The van der Waals surface area contributed by atoms with E-state index < -0.39 is 15.6 Å². The molecule has 4 nitrogen and oxygen atoms in total. The van der Waals surface area contributed by atoms with Gasteiger partial charge in [-0.25, -0.2) is 8.42 Å². The number of piperidine rings is 1. The third kappa shape index (κ3) is 2.62. The van der Waals surface area contributed by atoms with Gasteiger partial charge in [-0.1, -0.05) is 31.0 Å². The average molecular weight is 309 g/mol. The van der Waals surface area contributed by atoms with Gasteiger partial charge in [-0.2, -0.15) is 4.31 Å². The Morgan fingerprint density at radius 3 is 2.76 bits per heavy atom. The molecule has 2 unspecified atom stereocenters. The number of fused-ring (bicyclic) bond motifs is 1. The van der Waals surface area contributed by atoms with Crippen molar-refractivity contribution in [2.75, 3.05) is 13.1 Å². The Hall–Kier alpha value is -0.910. The number of aryl methyl sites for hydroxylation is 1. The van der Waals surface area contributed by atoms with Crippen molar-refractivity contribution in [2.45, 2.75) is 49.5 Å². The summed E-state index contributed by atoms with van der Waals surface area (Å²) in [6, 6.07) is 7.12. The number of nitrogens with zero attached hydrogens (tertiary/aromatic N) is 1. The van der Waals surface area contributed by atoms with E-state index in [0.717, 1.165) is 31.2 Å². The van der Waals surface area contributed by atoms with Crippen LogP contribution in [-0.2, 0) is 10.0 Å². The van der Waals surface area contributed by atoms with Gasteiger partial charge in [0, 0.05) is 19.0 Å². The molecule has 1 N–H and O–H groups in total. The van der Waals surface area contributed by atoms with Gasteiger partial charge in [-0.05, 0) is 37.8 Å². The van der Waals surface area contributed by atoms with Crippen LogP contribution in [0.3, 0.4) is 0 Å². The largest absolute Gasteiger partial charge is 0.390 e. The van der Waals surface area contributed by atoms with Crippen LogP contribution in [0.2, 0.25) is 0 Å². The normalized spacial score (nSPS) is 30.9. The zero-order chi connectivity index (χ0) is 15.1. The number of hydrogen-bond acceptors (Lipinski definition) is 3. The predicted molar refractivity (Wildman–Crippen MR) is 81.5 cm³/mol. The Kier molecular flexibility index (Phi) is 3.84. The van der Waals surface area contributed by atoms with Gasteiger partial charge >= 0.3 is 0 Å². The quantitative estimate of drug-likeness (QED) is 0.912.